The Labute approximate surface area is 113 Å². The Kier molecular flexibility index (Phi) is 6.32. The van der Waals surface area contributed by atoms with E-state index in [4.69, 9.17) is 9.84 Å². The summed E-state index contributed by atoms with van der Waals surface area (Å²) in [4.78, 5) is 10.6. The zero-order chi connectivity index (χ0) is 14.3. The smallest absolute Gasteiger partial charge is 0.303 e. The van der Waals surface area contributed by atoms with Crippen LogP contribution in [0.25, 0.3) is 0 Å². The highest BCUT2D eigenvalue weighted by atomic mass is 16.5. The van der Waals surface area contributed by atoms with Crippen molar-refractivity contribution in [3.05, 3.63) is 29.8 Å². The largest absolute Gasteiger partial charge is 0.494 e. The molecule has 0 saturated heterocycles. The minimum absolute atomic E-state index is 0.0274. The molecule has 3 N–H and O–H groups in total. The van der Waals surface area contributed by atoms with Crippen LogP contribution in [0.3, 0.4) is 0 Å². The quantitative estimate of drug-likeness (QED) is 0.666. The molecule has 0 radical (unpaired) electrons. The average molecular weight is 267 g/mol. The molecule has 0 aromatic heterocycles. The maximum atomic E-state index is 10.6. The Hall–Kier alpha value is -1.59. The molecule has 0 heterocycles. The molecule has 2 atom stereocenters. The van der Waals surface area contributed by atoms with E-state index in [1.54, 1.807) is 31.3 Å². The molecule has 0 saturated carbocycles. The number of likely N-dealkylation sites (N-methyl/N-ethyl adjacent to an activating group) is 1. The molecule has 0 amide bonds. The van der Waals surface area contributed by atoms with E-state index in [0.29, 0.717) is 13.0 Å². The first kappa shape index (κ1) is 15.5. The van der Waals surface area contributed by atoms with Crippen molar-refractivity contribution >= 4 is 5.97 Å². The summed E-state index contributed by atoms with van der Waals surface area (Å²) in [5.74, 6) is -0.107. The summed E-state index contributed by atoms with van der Waals surface area (Å²) < 4.78 is 5.33. The van der Waals surface area contributed by atoms with E-state index in [0.717, 1.165) is 11.3 Å². The molecule has 0 spiro atoms. The maximum Gasteiger partial charge on any atom is 0.303 e. The summed E-state index contributed by atoms with van der Waals surface area (Å²) in [6.45, 7) is 2.51. The normalized spacial score (nSPS) is 13.8. The standard InChI is InChI=1S/C14H21NO4/c1-3-19-11-6-4-10(5-7-11)14(18)12(15-2)8-9-13(16)17/h4-7,12,14-15,18H,3,8-9H2,1-2H3,(H,16,17). The molecular formula is C14H21NO4. The topological polar surface area (TPSA) is 78.8 Å². The van der Waals surface area contributed by atoms with Crippen molar-refractivity contribution in [2.45, 2.75) is 31.9 Å². The lowest BCUT2D eigenvalue weighted by Crippen LogP contribution is -2.32. The number of carboxylic acid groups (broad SMARTS) is 1. The molecule has 0 aliphatic carbocycles. The number of aliphatic hydroxyl groups excluding tert-OH is 1. The van der Waals surface area contributed by atoms with Crippen molar-refractivity contribution in [2.75, 3.05) is 13.7 Å². The van der Waals surface area contributed by atoms with Crippen molar-refractivity contribution in [3.8, 4) is 5.75 Å². The molecule has 1 rings (SSSR count). The molecule has 0 fully saturated rings. The van der Waals surface area contributed by atoms with E-state index < -0.39 is 12.1 Å². The Morgan fingerprint density at radius 3 is 2.47 bits per heavy atom. The minimum Gasteiger partial charge on any atom is -0.494 e. The van der Waals surface area contributed by atoms with Crippen molar-refractivity contribution in [1.82, 2.24) is 5.32 Å². The highest BCUT2D eigenvalue weighted by Gasteiger charge is 2.20. The van der Waals surface area contributed by atoms with Crippen LogP contribution in [0.4, 0.5) is 0 Å². The Bertz CT molecular complexity index is 391. The second-order valence-corrected chi connectivity index (χ2v) is 4.27. The van der Waals surface area contributed by atoms with Crippen molar-refractivity contribution in [2.24, 2.45) is 0 Å². The van der Waals surface area contributed by atoms with E-state index in [2.05, 4.69) is 5.32 Å². The lowest BCUT2D eigenvalue weighted by molar-refractivity contribution is -0.137. The summed E-state index contributed by atoms with van der Waals surface area (Å²) in [6, 6.07) is 6.90. The van der Waals surface area contributed by atoms with E-state index in [-0.39, 0.29) is 12.5 Å². The number of aliphatic hydroxyl groups is 1. The third-order valence-electron chi connectivity index (χ3n) is 2.95. The molecule has 0 bridgehead atoms. The molecule has 19 heavy (non-hydrogen) atoms. The van der Waals surface area contributed by atoms with Gasteiger partial charge in [-0.05, 0) is 38.1 Å². The fraction of sp³-hybridized carbons (Fsp3) is 0.500. The van der Waals surface area contributed by atoms with Gasteiger partial charge in [0.1, 0.15) is 5.75 Å². The zero-order valence-corrected chi connectivity index (χ0v) is 11.3. The van der Waals surface area contributed by atoms with Crippen LogP contribution < -0.4 is 10.1 Å². The number of ether oxygens (including phenoxy) is 1. The van der Waals surface area contributed by atoms with Gasteiger partial charge in [-0.25, -0.2) is 0 Å². The fourth-order valence-electron chi connectivity index (χ4n) is 1.90. The van der Waals surface area contributed by atoms with Crippen molar-refractivity contribution in [1.29, 1.82) is 0 Å². The lowest BCUT2D eigenvalue weighted by Gasteiger charge is -2.22. The van der Waals surface area contributed by atoms with Crippen LogP contribution in [-0.4, -0.2) is 35.9 Å². The van der Waals surface area contributed by atoms with Crippen LogP contribution in [0.5, 0.6) is 5.75 Å². The first-order valence-electron chi connectivity index (χ1n) is 6.38. The van der Waals surface area contributed by atoms with Gasteiger partial charge in [0.25, 0.3) is 0 Å². The summed E-state index contributed by atoms with van der Waals surface area (Å²) in [5, 5.41) is 21.8. The van der Waals surface area contributed by atoms with E-state index in [9.17, 15) is 9.90 Å². The first-order valence-corrected chi connectivity index (χ1v) is 6.38. The number of rotatable bonds is 8. The number of hydrogen-bond donors (Lipinski definition) is 3. The van der Waals surface area contributed by atoms with Crippen molar-refractivity contribution < 1.29 is 19.7 Å². The highest BCUT2D eigenvalue weighted by Crippen LogP contribution is 2.22. The van der Waals surface area contributed by atoms with Crippen LogP contribution in [0.1, 0.15) is 31.4 Å². The minimum atomic E-state index is -0.862. The molecule has 106 valence electrons. The van der Waals surface area contributed by atoms with Crippen LogP contribution in [0, 0.1) is 0 Å². The monoisotopic (exact) mass is 267 g/mol. The van der Waals surface area contributed by atoms with Crippen LogP contribution >= 0.6 is 0 Å². The third kappa shape index (κ3) is 4.89. The summed E-state index contributed by atoms with van der Waals surface area (Å²) in [6.07, 6.45) is -0.333. The number of aliphatic carboxylic acids is 1. The Morgan fingerprint density at radius 1 is 1.37 bits per heavy atom. The zero-order valence-electron chi connectivity index (χ0n) is 11.3. The molecule has 1 aromatic rings. The van der Waals surface area contributed by atoms with Gasteiger partial charge in [-0.2, -0.15) is 0 Å². The SMILES string of the molecule is CCOc1ccc(C(O)C(CCC(=O)O)NC)cc1. The predicted octanol–water partition coefficient (Wildman–Crippen LogP) is 1.57. The average Bonchev–Trinajstić information content (AvgIpc) is 2.40. The third-order valence-corrected chi connectivity index (χ3v) is 2.95. The van der Waals surface area contributed by atoms with Gasteiger partial charge in [-0.1, -0.05) is 12.1 Å². The maximum absolute atomic E-state index is 10.6. The summed E-state index contributed by atoms with van der Waals surface area (Å²) in [7, 11) is 1.71. The number of carboxylic acids is 1. The van der Waals surface area contributed by atoms with E-state index in [1.165, 1.54) is 0 Å². The number of nitrogens with one attached hydrogen (secondary N) is 1. The van der Waals surface area contributed by atoms with Crippen molar-refractivity contribution in [3.63, 3.8) is 0 Å². The highest BCUT2D eigenvalue weighted by molar-refractivity contribution is 5.66. The second kappa shape index (κ2) is 7.76. The fourth-order valence-corrected chi connectivity index (χ4v) is 1.90. The Morgan fingerprint density at radius 2 is 2.00 bits per heavy atom. The van der Waals surface area contributed by atoms with Crippen LogP contribution in [0.15, 0.2) is 24.3 Å². The number of hydrogen-bond acceptors (Lipinski definition) is 4. The van der Waals surface area contributed by atoms with Gasteiger partial charge in [0.15, 0.2) is 0 Å². The number of benzene rings is 1. The Balaban J connectivity index is 2.67. The van der Waals surface area contributed by atoms with Gasteiger partial charge in [0, 0.05) is 12.5 Å². The molecule has 5 nitrogen and oxygen atoms in total. The second-order valence-electron chi connectivity index (χ2n) is 4.27. The molecular weight excluding hydrogens is 246 g/mol. The summed E-state index contributed by atoms with van der Waals surface area (Å²) >= 11 is 0. The molecule has 0 aliphatic rings. The molecule has 1 aromatic carbocycles. The van der Waals surface area contributed by atoms with Gasteiger partial charge in [0.05, 0.1) is 12.7 Å². The van der Waals surface area contributed by atoms with Gasteiger partial charge in [0.2, 0.25) is 0 Å². The number of carbonyl (C=O) groups is 1. The van der Waals surface area contributed by atoms with E-state index in [1.807, 2.05) is 6.92 Å². The van der Waals surface area contributed by atoms with E-state index >= 15 is 0 Å². The molecule has 5 heteroatoms. The van der Waals surface area contributed by atoms with Gasteiger partial charge in [-0.15, -0.1) is 0 Å². The van der Waals surface area contributed by atoms with Crippen LogP contribution in [0.2, 0.25) is 0 Å². The molecule has 2 unspecified atom stereocenters. The summed E-state index contributed by atoms with van der Waals surface area (Å²) in [5.41, 5.74) is 0.744. The lowest BCUT2D eigenvalue weighted by atomic mass is 9.98. The van der Waals surface area contributed by atoms with Gasteiger partial charge < -0.3 is 20.3 Å². The molecule has 0 aliphatic heterocycles. The van der Waals surface area contributed by atoms with Gasteiger partial charge in [-0.3, -0.25) is 4.79 Å². The van der Waals surface area contributed by atoms with Gasteiger partial charge >= 0.3 is 5.97 Å². The van der Waals surface area contributed by atoms with Crippen LogP contribution in [-0.2, 0) is 4.79 Å². The predicted molar refractivity (Wildman–Crippen MR) is 72.3 cm³/mol. The first-order chi connectivity index (χ1) is 9.08.